The first kappa shape index (κ1) is 15.6. The summed E-state index contributed by atoms with van der Waals surface area (Å²) in [6, 6.07) is 31.7. The van der Waals surface area contributed by atoms with Crippen LogP contribution in [0.3, 0.4) is 0 Å². The first-order chi connectivity index (χ1) is 11.9. The van der Waals surface area contributed by atoms with Crippen molar-refractivity contribution < 1.29 is 0 Å². The molecule has 0 saturated carbocycles. The second-order valence-corrected chi connectivity index (χ2v) is 10.2. The smallest absolute Gasteiger partial charge is 0.0648 e. The summed E-state index contributed by atoms with van der Waals surface area (Å²) < 4.78 is 0. The van der Waals surface area contributed by atoms with Crippen molar-refractivity contribution in [3.63, 3.8) is 0 Å². The molecule has 0 N–H and O–H groups in total. The molecule has 4 rings (SSSR count). The van der Waals surface area contributed by atoms with Crippen LogP contribution in [0.2, 0.25) is 0 Å². The van der Waals surface area contributed by atoms with E-state index >= 15 is 0 Å². The van der Waals surface area contributed by atoms with Gasteiger partial charge in [-0.3, -0.25) is 0 Å². The largest absolute Gasteiger partial charge is 0.112 e. The third-order valence-electron chi connectivity index (χ3n) is 5.49. The number of hydrogen-bond acceptors (Lipinski definition) is 0. The summed E-state index contributed by atoms with van der Waals surface area (Å²) in [6.07, 6.45) is 3.82. The molecule has 0 spiro atoms. The Balaban J connectivity index is 2.02. The lowest BCUT2D eigenvalue weighted by molar-refractivity contribution is 0.642. The number of rotatable bonds is 3. The van der Waals surface area contributed by atoms with Gasteiger partial charge in [0.2, 0.25) is 0 Å². The van der Waals surface area contributed by atoms with Gasteiger partial charge in [0.25, 0.3) is 0 Å². The Morgan fingerprint density at radius 2 is 1.29 bits per heavy atom. The van der Waals surface area contributed by atoms with E-state index in [0.717, 1.165) is 0 Å². The van der Waals surface area contributed by atoms with Gasteiger partial charge in [0.05, 0.1) is 6.16 Å². The summed E-state index contributed by atoms with van der Waals surface area (Å²) in [5.74, 6) is 0.710. The van der Waals surface area contributed by atoms with Gasteiger partial charge in [-0.1, -0.05) is 61.5 Å². The average Bonchev–Trinajstić information content (AvgIpc) is 2.68. The van der Waals surface area contributed by atoms with Gasteiger partial charge in [0.15, 0.2) is 0 Å². The number of hydrogen-bond donors (Lipinski definition) is 0. The molecule has 0 radical (unpaired) electrons. The van der Waals surface area contributed by atoms with E-state index in [2.05, 4.69) is 91.9 Å². The van der Waals surface area contributed by atoms with Crippen LogP contribution in [0.1, 0.15) is 31.2 Å². The first-order valence-electron chi connectivity index (χ1n) is 8.95. The topological polar surface area (TPSA) is 0 Å². The zero-order valence-corrected chi connectivity index (χ0v) is 15.1. The van der Waals surface area contributed by atoms with Gasteiger partial charge < -0.3 is 0 Å². The summed E-state index contributed by atoms with van der Waals surface area (Å²) in [4.78, 5) is 0. The van der Waals surface area contributed by atoms with Crippen molar-refractivity contribution in [1.82, 2.24) is 0 Å². The quantitative estimate of drug-likeness (QED) is 0.600. The van der Waals surface area contributed by atoms with Crippen molar-refractivity contribution in [2.75, 3.05) is 6.16 Å². The molecule has 1 heteroatoms. The van der Waals surface area contributed by atoms with Crippen molar-refractivity contribution in [2.24, 2.45) is 0 Å². The highest BCUT2D eigenvalue weighted by Crippen LogP contribution is 2.60. The van der Waals surface area contributed by atoms with E-state index in [4.69, 9.17) is 0 Å². The Labute approximate surface area is 145 Å². The lowest BCUT2D eigenvalue weighted by Gasteiger charge is -2.35. The Kier molecular flexibility index (Phi) is 4.25. The van der Waals surface area contributed by atoms with Crippen LogP contribution in [0, 0.1) is 0 Å². The summed E-state index contributed by atoms with van der Waals surface area (Å²) >= 11 is 0. The monoisotopic (exact) mass is 331 g/mol. The molecule has 1 aliphatic rings. The maximum absolute atomic E-state index is 2.41. The minimum atomic E-state index is -1.54. The Morgan fingerprint density at radius 1 is 0.750 bits per heavy atom. The summed E-state index contributed by atoms with van der Waals surface area (Å²) in [5, 5.41) is 4.66. The molecule has 120 valence electrons. The molecule has 0 saturated heterocycles. The molecular formula is C23H24P+. The lowest BCUT2D eigenvalue weighted by atomic mass is 9.93. The van der Waals surface area contributed by atoms with Crippen LogP contribution in [0.5, 0.6) is 0 Å². The van der Waals surface area contributed by atoms with E-state index in [9.17, 15) is 0 Å². The molecule has 0 fully saturated rings. The predicted molar refractivity (Wildman–Crippen MR) is 108 cm³/mol. The van der Waals surface area contributed by atoms with E-state index < -0.39 is 7.26 Å². The van der Waals surface area contributed by atoms with Gasteiger partial charge in [-0.15, -0.1) is 0 Å². The third kappa shape index (κ3) is 2.41. The Hall–Kier alpha value is -1.91. The van der Waals surface area contributed by atoms with E-state index in [1.807, 2.05) is 0 Å². The van der Waals surface area contributed by atoms with Gasteiger partial charge in [0.1, 0.15) is 23.2 Å². The molecule has 0 aliphatic carbocycles. The van der Waals surface area contributed by atoms with E-state index in [1.165, 1.54) is 29.6 Å². The molecule has 0 nitrogen and oxygen atoms in total. The molecule has 3 aromatic carbocycles. The molecule has 0 bridgehead atoms. The Bertz CT molecular complexity index is 768. The van der Waals surface area contributed by atoms with Crippen LogP contribution in [0.15, 0.2) is 84.9 Å². The van der Waals surface area contributed by atoms with Crippen LogP contribution in [0.25, 0.3) is 0 Å². The third-order valence-corrected chi connectivity index (χ3v) is 10.0. The average molecular weight is 331 g/mol. The van der Waals surface area contributed by atoms with Gasteiger partial charge in [-0.25, -0.2) is 0 Å². The molecule has 3 aromatic rings. The van der Waals surface area contributed by atoms with Gasteiger partial charge in [0, 0.05) is 0 Å². The number of benzene rings is 3. The van der Waals surface area contributed by atoms with E-state index in [1.54, 1.807) is 10.9 Å². The standard InChI is InChI=1S/C23H24P/c1-2-19-17-18-24(20-11-5-3-6-12-20,21-13-7-4-8-14-21)23-16-10-9-15-22(19)23/h3-16,19H,2,17-18H2,1H3/q+1/t19-/m0/s1. The second-order valence-electron chi connectivity index (χ2n) is 6.66. The fraction of sp³-hybridized carbons (Fsp3) is 0.217. The fourth-order valence-corrected chi connectivity index (χ4v) is 8.99. The van der Waals surface area contributed by atoms with Crippen molar-refractivity contribution in [1.29, 1.82) is 0 Å². The highest BCUT2D eigenvalue weighted by Gasteiger charge is 2.49. The van der Waals surface area contributed by atoms with Crippen molar-refractivity contribution in [3.05, 3.63) is 90.5 Å². The van der Waals surface area contributed by atoms with Crippen molar-refractivity contribution in [3.8, 4) is 0 Å². The van der Waals surface area contributed by atoms with E-state index in [-0.39, 0.29) is 0 Å². The minimum absolute atomic E-state index is 0.710. The summed E-state index contributed by atoms with van der Waals surface area (Å²) in [7, 11) is -1.54. The second kappa shape index (κ2) is 6.54. The fourth-order valence-electron chi connectivity index (χ4n) is 4.28. The maximum atomic E-state index is 2.41. The predicted octanol–water partition coefficient (Wildman–Crippen LogP) is 4.88. The SMILES string of the molecule is CC[C@H]1CC[P+](c2ccccc2)(c2ccccc2)c2ccccc21. The van der Waals surface area contributed by atoms with Crippen molar-refractivity contribution >= 4 is 23.2 Å². The van der Waals surface area contributed by atoms with Crippen LogP contribution in [0.4, 0.5) is 0 Å². The van der Waals surface area contributed by atoms with Crippen LogP contribution in [-0.2, 0) is 0 Å². The minimum Gasteiger partial charge on any atom is -0.0648 e. The zero-order valence-electron chi connectivity index (χ0n) is 14.2. The van der Waals surface area contributed by atoms with Crippen molar-refractivity contribution in [2.45, 2.75) is 25.7 Å². The van der Waals surface area contributed by atoms with Gasteiger partial charge in [-0.05, 0) is 54.7 Å². The molecule has 0 amide bonds. The highest BCUT2D eigenvalue weighted by molar-refractivity contribution is 7.95. The molecule has 1 atom stereocenters. The summed E-state index contributed by atoms with van der Waals surface area (Å²) in [6.45, 7) is 2.33. The molecule has 24 heavy (non-hydrogen) atoms. The van der Waals surface area contributed by atoms with Crippen LogP contribution < -0.4 is 15.9 Å². The first-order valence-corrected chi connectivity index (χ1v) is 10.9. The van der Waals surface area contributed by atoms with E-state index in [0.29, 0.717) is 5.92 Å². The Morgan fingerprint density at radius 3 is 1.88 bits per heavy atom. The van der Waals surface area contributed by atoms with Crippen LogP contribution >= 0.6 is 7.26 Å². The summed E-state index contributed by atoms with van der Waals surface area (Å²) in [5.41, 5.74) is 1.59. The highest BCUT2D eigenvalue weighted by atomic mass is 31.2. The molecule has 0 unspecified atom stereocenters. The van der Waals surface area contributed by atoms with Gasteiger partial charge >= 0.3 is 0 Å². The molecule has 0 aromatic heterocycles. The molecule has 1 aliphatic heterocycles. The van der Waals surface area contributed by atoms with Gasteiger partial charge in [-0.2, -0.15) is 0 Å². The number of fused-ring (bicyclic) bond motifs is 1. The maximum Gasteiger partial charge on any atom is 0.112 e. The molecular weight excluding hydrogens is 307 g/mol. The zero-order chi connectivity index (χ0) is 16.4. The normalized spacial score (nSPS) is 18.8. The molecule has 1 heterocycles. The lowest BCUT2D eigenvalue weighted by Crippen LogP contribution is -2.39. The van der Waals surface area contributed by atoms with Crippen LogP contribution in [-0.4, -0.2) is 6.16 Å².